The number of aliphatic hydroxyl groups excluding tert-OH is 1. The second kappa shape index (κ2) is 13.0. The van der Waals surface area contributed by atoms with E-state index in [1.54, 1.807) is 31.3 Å². The molecule has 0 bridgehead atoms. The van der Waals surface area contributed by atoms with Crippen molar-refractivity contribution in [3.05, 3.63) is 90.5 Å². The van der Waals surface area contributed by atoms with E-state index in [0.717, 1.165) is 29.7 Å². The number of ether oxygens (including phenoxy) is 2. The number of anilines is 1. The van der Waals surface area contributed by atoms with Crippen LogP contribution in [-0.2, 0) is 35.4 Å². The van der Waals surface area contributed by atoms with E-state index in [4.69, 9.17) is 24.3 Å². The molecule has 4 heterocycles. The zero-order chi connectivity index (χ0) is 34.1. The highest BCUT2D eigenvalue weighted by atomic mass is 31.2. The van der Waals surface area contributed by atoms with Crippen LogP contribution in [-0.4, -0.2) is 67.8 Å². The Morgan fingerprint density at radius 2 is 2.00 bits per heavy atom. The summed E-state index contributed by atoms with van der Waals surface area (Å²) >= 11 is 0. The fraction of sp³-hybridized carbons (Fsp3) is 0.312. The molecule has 0 spiro atoms. The molecular weight excluding hydrogens is 644 g/mol. The third-order valence-corrected chi connectivity index (χ3v) is 9.85. The lowest BCUT2D eigenvalue weighted by Gasteiger charge is -2.30. The first-order valence-corrected chi connectivity index (χ1v) is 16.6. The number of nitrogens with zero attached hydrogens (tertiary/aromatic N) is 4. The Balaban J connectivity index is 1.31. The summed E-state index contributed by atoms with van der Waals surface area (Å²) < 4.78 is 55.1. The monoisotopic (exact) mass is 677 g/mol. The summed E-state index contributed by atoms with van der Waals surface area (Å²) in [6.07, 6.45) is -0.577. The standard InChI is InChI=1S/C32H33FN7O7P/c1-3-44-30(42)24(15-20-16-36-23-12-8-7-11-22(20)23)39-48(43,47-21-9-5-4-6-10-21)45-17-26-28(41)31(2,33)32(18-34,46-26)27-14-13-25-29(35)37-19-38-40(25)27/h4-14,16,19,24,26,28,36,41H,3,15,17H2,1-2H3,(H,39,43)(H2,35,37,38)/t24-,26+,28+,31+,32-,48?/m0/s1. The number of aliphatic hydroxyl groups is 1. The molecular formula is C32H33FN7O7P. The van der Waals surface area contributed by atoms with E-state index in [9.17, 15) is 19.7 Å². The van der Waals surface area contributed by atoms with Crippen LogP contribution in [0.15, 0.2) is 79.3 Å². The largest absolute Gasteiger partial charge is 0.465 e. The van der Waals surface area contributed by atoms with Gasteiger partial charge in [-0.3, -0.25) is 9.32 Å². The molecule has 250 valence electrons. The first-order valence-electron chi connectivity index (χ1n) is 15.1. The van der Waals surface area contributed by atoms with Crippen molar-refractivity contribution < 1.29 is 37.4 Å². The first-order chi connectivity index (χ1) is 23.0. The molecule has 0 amide bonds. The molecule has 6 atom stereocenters. The fourth-order valence-corrected chi connectivity index (χ4v) is 7.33. The number of carbonyl (C=O) groups excluding carboxylic acids is 1. The van der Waals surface area contributed by atoms with Gasteiger partial charge in [-0.25, -0.2) is 18.5 Å². The van der Waals surface area contributed by atoms with Gasteiger partial charge >= 0.3 is 13.7 Å². The lowest BCUT2D eigenvalue weighted by atomic mass is 9.82. The number of hydrogen-bond donors (Lipinski definition) is 4. The topological polar surface area (TPSA) is 199 Å². The lowest BCUT2D eigenvalue weighted by molar-refractivity contribution is -0.145. The highest BCUT2D eigenvalue weighted by Crippen LogP contribution is 2.52. The Kier molecular flexibility index (Phi) is 8.95. The molecule has 5 N–H and O–H groups in total. The molecule has 2 aromatic carbocycles. The van der Waals surface area contributed by atoms with Gasteiger partial charge in [-0.05, 0) is 49.7 Å². The van der Waals surface area contributed by atoms with Crippen LogP contribution in [0.4, 0.5) is 10.2 Å². The number of esters is 1. The number of aromatic amines is 1. The number of H-pyrrole nitrogens is 1. The lowest BCUT2D eigenvalue weighted by Crippen LogP contribution is -2.48. The normalized spacial score (nSPS) is 24.2. The van der Waals surface area contributed by atoms with Crippen LogP contribution in [0.2, 0.25) is 0 Å². The maximum absolute atomic E-state index is 16.6. The summed E-state index contributed by atoms with van der Waals surface area (Å²) in [5.41, 5.74) is 2.63. The van der Waals surface area contributed by atoms with Gasteiger partial charge in [0.1, 0.15) is 41.9 Å². The third kappa shape index (κ3) is 5.89. The molecule has 5 aromatic rings. The van der Waals surface area contributed by atoms with Gasteiger partial charge in [-0.15, -0.1) is 0 Å². The number of benzene rings is 2. The second-order valence-corrected chi connectivity index (χ2v) is 13.0. The maximum Gasteiger partial charge on any atom is 0.459 e. The number of carbonyl (C=O) groups is 1. The van der Waals surface area contributed by atoms with Crippen molar-refractivity contribution in [1.29, 1.82) is 5.26 Å². The number of rotatable bonds is 12. The molecule has 16 heteroatoms. The summed E-state index contributed by atoms with van der Waals surface area (Å²) in [7, 11) is -4.53. The van der Waals surface area contributed by atoms with Gasteiger partial charge in [0.05, 0.1) is 18.9 Å². The Labute approximate surface area is 274 Å². The summed E-state index contributed by atoms with van der Waals surface area (Å²) in [5.74, 6) is -0.506. The average Bonchev–Trinajstić information content (AvgIpc) is 3.75. The third-order valence-electron chi connectivity index (χ3n) is 8.29. The molecule has 1 aliphatic heterocycles. The minimum Gasteiger partial charge on any atom is -0.465 e. The summed E-state index contributed by atoms with van der Waals surface area (Å²) in [6.45, 7) is 1.99. The number of fused-ring (bicyclic) bond motifs is 2. The number of alkyl halides is 1. The summed E-state index contributed by atoms with van der Waals surface area (Å²) in [5, 5.41) is 29.2. The average molecular weight is 678 g/mol. The zero-order valence-electron chi connectivity index (χ0n) is 25.9. The van der Waals surface area contributed by atoms with Crippen LogP contribution < -0.4 is 15.3 Å². The van der Waals surface area contributed by atoms with Crippen LogP contribution in [0, 0.1) is 11.3 Å². The van der Waals surface area contributed by atoms with Gasteiger partial charge in [0, 0.05) is 23.5 Å². The van der Waals surface area contributed by atoms with Crippen LogP contribution in [0.25, 0.3) is 16.4 Å². The number of nitrogen functional groups attached to an aromatic ring is 1. The van der Waals surface area contributed by atoms with E-state index >= 15 is 4.39 Å². The van der Waals surface area contributed by atoms with Crippen molar-refractivity contribution in [3.8, 4) is 11.8 Å². The maximum atomic E-state index is 16.6. The number of para-hydroxylation sites is 2. The molecule has 0 aliphatic carbocycles. The molecule has 1 unspecified atom stereocenters. The van der Waals surface area contributed by atoms with Gasteiger partial charge in [0.15, 0.2) is 11.5 Å². The Hall–Kier alpha value is -4.84. The molecule has 0 saturated carbocycles. The van der Waals surface area contributed by atoms with Crippen molar-refractivity contribution in [2.24, 2.45) is 0 Å². The van der Waals surface area contributed by atoms with Crippen molar-refractivity contribution in [2.45, 2.75) is 49.8 Å². The second-order valence-electron chi connectivity index (χ2n) is 11.3. The van der Waals surface area contributed by atoms with E-state index in [2.05, 4.69) is 20.2 Å². The SMILES string of the molecule is CCOC(=O)[C@H](Cc1c[nH]c2ccccc12)NP(=O)(OC[C@H]1O[C@@](C#N)(c2ccc3c(N)ncnn23)[C@](C)(F)[C@@H]1O)Oc1ccccc1. The number of nitrogens with two attached hydrogens (primary N) is 1. The van der Waals surface area contributed by atoms with Gasteiger partial charge in [0.25, 0.3) is 0 Å². The predicted molar refractivity (Wildman–Crippen MR) is 171 cm³/mol. The minimum absolute atomic E-state index is 0.0310. The molecule has 0 radical (unpaired) electrons. The Morgan fingerprint density at radius 3 is 2.75 bits per heavy atom. The zero-order valence-corrected chi connectivity index (χ0v) is 26.8. The van der Waals surface area contributed by atoms with Gasteiger partial charge in [-0.2, -0.15) is 15.4 Å². The van der Waals surface area contributed by atoms with Crippen LogP contribution >= 0.6 is 7.75 Å². The minimum atomic E-state index is -4.53. The molecule has 1 aliphatic rings. The quantitative estimate of drug-likeness (QED) is 0.110. The van der Waals surface area contributed by atoms with Crippen LogP contribution in [0.5, 0.6) is 5.75 Å². The van der Waals surface area contributed by atoms with Gasteiger partial charge in [0.2, 0.25) is 5.60 Å². The van der Waals surface area contributed by atoms with E-state index in [1.165, 1.54) is 28.8 Å². The van der Waals surface area contributed by atoms with Crippen molar-refractivity contribution in [2.75, 3.05) is 18.9 Å². The van der Waals surface area contributed by atoms with E-state index in [-0.39, 0.29) is 30.3 Å². The van der Waals surface area contributed by atoms with Gasteiger partial charge < -0.3 is 29.8 Å². The summed E-state index contributed by atoms with van der Waals surface area (Å²) in [6, 6.07) is 19.1. The highest BCUT2D eigenvalue weighted by molar-refractivity contribution is 7.52. The number of hydrogen-bond acceptors (Lipinski definition) is 11. The predicted octanol–water partition coefficient (Wildman–Crippen LogP) is 3.97. The Morgan fingerprint density at radius 1 is 1.25 bits per heavy atom. The molecule has 14 nitrogen and oxygen atoms in total. The first kappa shape index (κ1) is 33.1. The molecule has 48 heavy (non-hydrogen) atoms. The van der Waals surface area contributed by atoms with Crippen LogP contribution in [0.1, 0.15) is 25.1 Å². The van der Waals surface area contributed by atoms with Crippen LogP contribution in [0.3, 0.4) is 0 Å². The molecule has 1 fully saturated rings. The molecule has 6 rings (SSSR count). The molecule has 3 aromatic heterocycles. The van der Waals surface area contributed by atoms with Crippen molar-refractivity contribution >= 4 is 36.0 Å². The smallest absolute Gasteiger partial charge is 0.459 e. The Bertz CT molecular complexity index is 2030. The van der Waals surface area contributed by atoms with Crippen molar-refractivity contribution in [3.63, 3.8) is 0 Å². The number of halogens is 1. The number of nitriles is 1. The van der Waals surface area contributed by atoms with E-state index < -0.39 is 49.8 Å². The van der Waals surface area contributed by atoms with E-state index in [1.807, 2.05) is 30.3 Å². The fourth-order valence-electron chi connectivity index (χ4n) is 5.83. The number of aromatic nitrogens is 4. The van der Waals surface area contributed by atoms with E-state index in [0.29, 0.717) is 5.52 Å². The number of nitrogens with one attached hydrogen (secondary N) is 2. The van der Waals surface area contributed by atoms with Gasteiger partial charge in [-0.1, -0.05) is 36.4 Å². The van der Waals surface area contributed by atoms with Crippen molar-refractivity contribution in [1.82, 2.24) is 24.7 Å². The summed E-state index contributed by atoms with van der Waals surface area (Å²) in [4.78, 5) is 20.3. The molecule has 1 saturated heterocycles. The highest BCUT2D eigenvalue weighted by Gasteiger charge is 2.67.